The van der Waals surface area contributed by atoms with Crippen molar-refractivity contribution >= 4 is 23.0 Å². The first kappa shape index (κ1) is 18.0. The predicted molar refractivity (Wildman–Crippen MR) is 106 cm³/mol. The zero-order valence-corrected chi connectivity index (χ0v) is 15.8. The van der Waals surface area contributed by atoms with E-state index in [1.165, 1.54) is 19.4 Å². The molecule has 136 valence electrons. The van der Waals surface area contributed by atoms with E-state index in [-0.39, 0.29) is 0 Å². The van der Waals surface area contributed by atoms with Crippen LogP contribution in [0.4, 0.5) is 5.69 Å². The molecule has 2 bridgehead atoms. The summed E-state index contributed by atoms with van der Waals surface area (Å²) in [5.74, 6) is 2.89. The van der Waals surface area contributed by atoms with Crippen molar-refractivity contribution in [2.24, 2.45) is 11.8 Å². The van der Waals surface area contributed by atoms with Gasteiger partial charge in [0.2, 0.25) is 0 Å². The number of anilines is 1. The molecule has 1 aromatic rings. The van der Waals surface area contributed by atoms with Crippen molar-refractivity contribution in [3.63, 3.8) is 0 Å². The molecule has 5 nitrogen and oxygen atoms in total. The van der Waals surface area contributed by atoms with Crippen LogP contribution in [0.25, 0.3) is 0 Å². The number of benzene rings is 1. The van der Waals surface area contributed by atoms with Crippen LogP contribution < -0.4 is 20.1 Å². The lowest BCUT2D eigenvalue weighted by molar-refractivity contribution is 0.0215. The summed E-state index contributed by atoms with van der Waals surface area (Å²) in [6.45, 7) is 7.17. The second-order valence-electron chi connectivity index (χ2n) is 6.77. The molecule has 3 saturated heterocycles. The predicted octanol–water partition coefficient (Wildman–Crippen LogP) is 2.89. The van der Waals surface area contributed by atoms with E-state index in [0.717, 1.165) is 36.2 Å². The van der Waals surface area contributed by atoms with Crippen molar-refractivity contribution < 1.29 is 9.47 Å². The average molecular weight is 362 g/mol. The van der Waals surface area contributed by atoms with Crippen LogP contribution in [-0.2, 0) is 0 Å². The van der Waals surface area contributed by atoms with Gasteiger partial charge in [-0.1, -0.05) is 6.08 Å². The first-order chi connectivity index (χ1) is 12.1. The van der Waals surface area contributed by atoms with Gasteiger partial charge in [-0.3, -0.25) is 4.90 Å². The summed E-state index contributed by atoms with van der Waals surface area (Å²) in [5, 5.41) is 7.21. The molecule has 0 aliphatic carbocycles. The van der Waals surface area contributed by atoms with Crippen LogP contribution >= 0.6 is 12.2 Å². The van der Waals surface area contributed by atoms with Crippen molar-refractivity contribution in [1.29, 1.82) is 0 Å². The fourth-order valence-corrected chi connectivity index (χ4v) is 4.13. The van der Waals surface area contributed by atoms with Crippen LogP contribution in [0.2, 0.25) is 0 Å². The van der Waals surface area contributed by atoms with E-state index in [9.17, 15) is 0 Å². The highest BCUT2D eigenvalue weighted by Gasteiger charge is 2.38. The zero-order chi connectivity index (χ0) is 17.8. The van der Waals surface area contributed by atoms with Gasteiger partial charge in [-0.05, 0) is 43.4 Å². The van der Waals surface area contributed by atoms with Crippen LogP contribution in [-0.4, -0.2) is 49.9 Å². The Morgan fingerprint density at radius 1 is 1.32 bits per heavy atom. The highest BCUT2D eigenvalue weighted by atomic mass is 32.1. The summed E-state index contributed by atoms with van der Waals surface area (Å²) in [6.07, 6.45) is 4.64. The molecule has 1 aromatic carbocycles. The molecule has 0 saturated carbocycles. The zero-order valence-electron chi connectivity index (χ0n) is 15.0. The lowest BCUT2D eigenvalue weighted by atomic mass is 9.76. The molecule has 3 heterocycles. The van der Waals surface area contributed by atoms with E-state index < -0.39 is 0 Å². The molecule has 0 amide bonds. The molecule has 3 fully saturated rings. The smallest absolute Gasteiger partial charge is 0.170 e. The van der Waals surface area contributed by atoms with E-state index in [0.29, 0.717) is 17.1 Å². The minimum absolute atomic E-state index is 0.551. The third-order valence-electron chi connectivity index (χ3n) is 5.34. The molecule has 4 atom stereocenters. The van der Waals surface area contributed by atoms with Gasteiger partial charge in [-0.25, -0.2) is 0 Å². The van der Waals surface area contributed by atoms with Crippen LogP contribution in [0.3, 0.4) is 0 Å². The standard InChI is InChI=1S/C19H27N3O2S/c1-4-13-12-22-6-5-14(13)7-16(22)11-20-19(25)21-15-8-17(23-2)10-18(9-15)24-3/h4,8-10,13-14,16H,1,5-7,11-12H2,2-3H3,(H2,20,21,25)/t13-,14+,16+/m0/s1. The summed E-state index contributed by atoms with van der Waals surface area (Å²) in [6, 6.07) is 6.19. The van der Waals surface area contributed by atoms with Gasteiger partial charge in [0.15, 0.2) is 5.11 Å². The number of nitrogens with zero attached hydrogens (tertiary/aromatic N) is 1. The Morgan fingerprint density at radius 3 is 2.60 bits per heavy atom. The minimum atomic E-state index is 0.551. The molecule has 6 heteroatoms. The number of hydrogen-bond donors (Lipinski definition) is 2. The normalized spacial score (nSPS) is 27.4. The fraction of sp³-hybridized carbons (Fsp3) is 0.526. The number of hydrogen-bond acceptors (Lipinski definition) is 4. The molecule has 0 aromatic heterocycles. The van der Waals surface area contributed by atoms with Crippen LogP contribution in [0, 0.1) is 11.8 Å². The molecule has 4 rings (SSSR count). The maximum absolute atomic E-state index is 5.46. The number of rotatable bonds is 6. The van der Waals surface area contributed by atoms with Crippen molar-refractivity contribution in [2.75, 3.05) is 39.2 Å². The van der Waals surface area contributed by atoms with Gasteiger partial charge in [0.25, 0.3) is 0 Å². The summed E-state index contributed by atoms with van der Waals surface area (Å²) < 4.78 is 10.6. The third-order valence-corrected chi connectivity index (χ3v) is 5.59. The van der Waals surface area contributed by atoms with Gasteiger partial charge in [-0.15, -0.1) is 6.58 Å². The van der Waals surface area contributed by atoms with Gasteiger partial charge < -0.3 is 20.1 Å². The Balaban J connectivity index is 1.53. The summed E-state index contributed by atoms with van der Waals surface area (Å²) >= 11 is 5.46. The second-order valence-corrected chi connectivity index (χ2v) is 7.18. The Labute approximate surface area is 155 Å². The number of methoxy groups -OCH3 is 2. The van der Waals surface area contributed by atoms with Crippen molar-refractivity contribution in [3.05, 3.63) is 30.9 Å². The number of ether oxygens (including phenoxy) is 2. The highest BCUT2D eigenvalue weighted by molar-refractivity contribution is 7.80. The SMILES string of the molecule is C=C[C@H]1CN2CC[C@@H]1C[C@@H]2CNC(=S)Nc1cc(OC)cc(OC)c1. The first-order valence-electron chi connectivity index (χ1n) is 8.77. The average Bonchev–Trinajstić information content (AvgIpc) is 2.66. The molecule has 0 radical (unpaired) electrons. The molecule has 1 unspecified atom stereocenters. The quantitative estimate of drug-likeness (QED) is 0.600. The second kappa shape index (κ2) is 8.06. The van der Waals surface area contributed by atoms with Crippen LogP contribution in [0.1, 0.15) is 12.8 Å². The monoisotopic (exact) mass is 361 g/mol. The number of fused-ring (bicyclic) bond motifs is 3. The molecule has 0 spiro atoms. The van der Waals surface area contributed by atoms with Gasteiger partial charge >= 0.3 is 0 Å². The largest absolute Gasteiger partial charge is 0.497 e. The van der Waals surface area contributed by atoms with Gasteiger partial charge in [0.1, 0.15) is 11.5 Å². The van der Waals surface area contributed by atoms with E-state index in [2.05, 4.69) is 28.2 Å². The lowest BCUT2D eigenvalue weighted by Crippen LogP contribution is -2.56. The Kier molecular flexibility index (Phi) is 5.81. The van der Waals surface area contributed by atoms with Crippen molar-refractivity contribution in [3.8, 4) is 11.5 Å². The molecule has 3 aliphatic rings. The van der Waals surface area contributed by atoms with Crippen LogP contribution in [0.15, 0.2) is 30.9 Å². The van der Waals surface area contributed by atoms with Crippen LogP contribution in [0.5, 0.6) is 11.5 Å². The van der Waals surface area contributed by atoms with Gasteiger partial charge in [-0.2, -0.15) is 0 Å². The van der Waals surface area contributed by atoms with E-state index in [1.807, 2.05) is 18.2 Å². The van der Waals surface area contributed by atoms with Crippen molar-refractivity contribution in [2.45, 2.75) is 18.9 Å². The summed E-state index contributed by atoms with van der Waals surface area (Å²) in [5.41, 5.74) is 0.853. The molecule has 25 heavy (non-hydrogen) atoms. The molecule has 3 aliphatic heterocycles. The van der Waals surface area contributed by atoms with Crippen molar-refractivity contribution in [1.82, 2.24) is 10.2 Å². The summed E-state index contributed by atoms with van der Waals surface area (Å²) in [7, 11) is 3.27. The maximum Gasteiger partial charge on any atom is 0.170 e. The third kappa shape index (κ3) is 4.25. The Bertz CT molecular complexity index is 615. The fourth-order valence-electron chi connectivity index (χ4n) is 3.92. The van der Waals surface area contributed by atoms with E-state index >= 15 is 0 Å². The highest BCUT2D eigenvalue weighted by Crippen LogP contribution is 2.36. The summed E-state index contributed by atoms with van der Waals surface area (Å²) in [4.78, 5) is 2.57. The van der Waals surface area contributed by atoms with E-state index in [4.69, 9.17) is 21.7 Å². The minimum Gasteiger partial charge on any atom is -0.497 e. The Morgan fingerprint density at radius 2 is 2.04 bits per heavy atom. The van der Waals surface area contributed by atoms with E-state index in [1.54, 1.807) is 14.2 Å². The molecular formula is C19H27N3O2S. The number of thiocarbonyl (C=S) groups is 1. The van der Waals surface area contributed by atoms with Gasteiger partial charge in [0.05, 0.1) is 14.2 Å². The topological polar surface area (TPSA) is 45.8 Å². The number of piperidine rings is 3. The Hall–Kier alpha value is -1.79. The molecular weight excluding hydrogens is 334 g/mol. The first-order valence-corrected chi connectivity index (χ1v) is 9.18. The lowest BCUT2D eigenvalue weighted by Gasteiger charge is -2.49. The number of nitrogens with one attached hydrogen (secondary N) is 2. The molecule has 2 N–H and O–H groups in total. The van der Waals surface area contributed by atoms with Gasteiger partial charge in [0, 0.05) is 43.0 Å². The maximum atomic E-state index is 5.46.